The molecule has 1 rings (SSSR count). The van der Waals surface area contributed by atoms with Gasteiger partial charge in [0.25, 0.3) is 0 Å². The van der Waals surface area contributed by atoms with E-state index in [4.69, 9.17) is 14.2 Å². The van der Waals surface area contributed by atoms with Crippen LogP contribution in [0.5, 0.6) is 0 Å². The second-order valence-electron chi connectivity index (χ2n) is 6.07. The summed E-state index contributed by atoms with van der Waals surface area (Å²) in [6.45, 7) is 9.63. The van der Waals surface area contributed by atoms with E-state index < -0.39 is 0 Å². The molecule has 1 saturated heterocycles. The van der Waals surface area contributed by atoms with Crippen molar-refractivity contribution in [2.75, 3.05) is 33.0 Å². The highest BCUT2D eigenvalue weighted by Crippen LogP contribution is 2.23. The Morgan fingerprint density at radius 1 is 0.909 bits per heavy atom. The molecule has 0 spiro atoms. The van der Waals surface area contributed by atoms with Crippen molar-refractivity contribution in [3.8, 4) is 0 Å². The van der Waals surface area contributed by atoms with Gasteiger partial charge in [-0.05, 0) is 19.3 Å². The van der Waals surface area contributed by atoms with Gasteiger partial charge in [0.1, 0.15) is 12.2 Å². The number of nitrogens with zero attached hydrogens (tertiary/aromatic N) is 1. The SMILES string of the molecule is CCCCOC[C@@H]1[C@@H](OCCCC)[C@H](OCCCC)CN1O. The Morgan fingerprint density at radius 2 is 1.50 bits per heavy atom. The van der Waals surface area contributed by atoms with Gasteiger partial charge in [-0.2, -0.15) is 5.06 Å². The lowest BCUT2D eigenvalue weighted by Crippen LogP contribution is -2.41. The zero-order valence-corrected chi connectivity index (χ0v) is 14.6. The fourth-order valence-electron chi connectivity index (χ4n) is 2.58. The molecule has 0 aromatic carbocycles. The second-order valence-corrected chi connectivity index (χ2v) is 6.07. The predicted octanol–water partition coefficient (Wildman–Crippen LogP) is 3.25. The van der Waals surface area contributed by atoms with Gasteiger partial charge in [-0.1, -0.05) is 40.0 Å². The van der Waals surface area contributed by atoms with Crippen molar-refractivity contribution >= 4 is 0 Å². The van der Waals surface area contributed by atoms with E-state index in [0.29, 0.717) is 19.8 Å². The van der Waals surface area contributed by atoms with Crippen molar-refractivity contribution in [1.82, 2.24) is 5.06 Å². The summed E-state index contributed by atoms with van der Waals surface area (Å²) in [6.07, 6.45) is 6.30. The highest BCUT2D eigenvalue weighted by Gasteiger charge is 2.43. The Hall–Kier alpha value is -0.200. The van der Waals surface area contributed by atoms with Gasteiger partial charge in [-0.15, -0.1) is 0 Å². The molecule has 0 radical (unpaired) electrons. The minimum Gasteiger partial charge on any atom is -0.380 e. The van der Waals surface area contributed by atoms with Crippen molar-refractivity contribution in [1.29, 1.82) is 0 Å². The van der Waals surface area contributed by atoms with Crippen LogP contribution in [0.2, 0.25) is 0 Å². The highest BCUT2D eigenvalue weighted by molar-refractivity contribution is 4.92. The Labute approximate surface area is 135 Å². The molecular weight excluding hydrogens is 282 g/mol. The summed E-state index contributed by atoms with van der Waals surface area (Å²) in [5.74, 6) is 0. The van der Waals surface area contributed by atoms with Crippen molar-refractivity contribution in [2.24, 2.45) is 0 Å². The van der Waals surface area contributed by atoms with E-state index >= 15 is 0 Å². The smallest absolute Gasteiger partial charge is 0.105 e. The standard InChI is InChI=1S/C17H35NO4/c1-4-7-10-20-14-15-17(22-12-9-6-3)16(13-18(15)19)21-11-8-5-2/h15-17,19H,4-14H2,1-3H3/t15-,16-,17-/m1/s1. The zero-order chi connectivity index (χ0) is 16.2. The van der Waals surface area contributed by atoms with E-state index in [1.807, 2.05) is 0 Å². The summed E-state index contributed by atoms with van der Waals surface area (Å²) >= 11 is 0. The molecule has 1 aliphatic rings. The lowest BCUT2D eigenvalue weighted by molar-refractivity contribution is -0.141. The van der Waals surface area contributed by atoms with Crippen LogP contribution in [0.15, 0.2) is 0 Å². The van der Waals surface area contributed by atoms with Crippen LogP contribution in [-0.4, -0.2) is 61.5 Å². The monoisotopic (exact) mass is 317 g/mol. The quantitative estimate of drug-likeness (QED) is 0.528. The Bertz CT molecular complexity index is 265. The molecule has 0 aromatic rings. The summed E-state index contributed by atoms with van der Waals surface area (Å²) in [6, 6.07) is -0.125. The van der Waals surface area contributed by atoms with Crippen molar-refractivity contribution < 1.29 is 19.4 Å². The first-order valence-electron chi connectivity index (χ1n) is 9.01. The van der Waals surface area contributed by atoms with Crippen LogP contribution in [0.25, 0.3) is 0 Å². The minimum absolute atomic E-state index is 0.0619. The molecule has 5 nitrogen and oxygen atoms in total. The molecule has 0 aromatic heterocycles. The number of rotatable bonds is 13. The summed E-state index contributed by atoms with van der Waals surface area (Å²) in [5.41, 5.74) is 0. The molecule has 132 valence electrons. The first kappa shape index (κ1) is 19.8. The summed E-state index contributed by atoms with van der Waals surface area (Å²) in [7, 11) is 0. The largest absolute Gasteiger partial charge is 0.380 e. The van der Waals surface area contributed by atoms with Crippen LogP contribution in [0.3, 0.4) is 0 Å². The molecule has 1 N–H and O–H groups in total. The van der Waals surface area contributed by atoms with Gasteiger partial charge in [0.15, 0.2) is 0 Å². The molecule has 0 unspecified atom stereocenters. The molecule has 22 heavy (non-hydrogen) atoms. The minimum atomic E-state index is -0.125. The van der Waals surface area contributed by atoms with Gasteiger partial charge in [0.05, 0.1) is 19.2 Å². The maximum Gasteiger partial charge on any atom is 0.105 e. The third-order valence-electron chi connectivity index (χ3n) is 4.06. The fourth-order valence-corrected chi connectivity index (χ4v) is 2.58. The van der Waals surface area contributed by atoms with Crippen LogP contribution in [-0.2, 0) is 14.2 Å². The highest BCUT2D eigenvalue weighted by atomic mass is 16.6. The molecule has 3 atom stereocenters. The summed E-state index contributed by atoms with van der Waals surface area (Å²) in [5, 5.41) is 11.5. The number of hydrogen-bond acceptors (Lipinski definition) is 5. The van der Waals surface area contributed by atoms with E-state index in [0.717, 1.165) is 51.7 Å². The zero-order valence-electron chi connectivity index (χ0n) is 14.6. The van der Waals surface area contributed by atoms with Crippen molar-refractivity contribution in [3.05, 3.63) is 0 Å². The predicted molar refractivity (Wildman–Crippen MR) is 87.3 cm³/mol. The van der Waals surface area contributed by atoms with Gasteiger partial charge >= 0.3 is 0 Å². The first-order valence-corrected chi connectivity index (χ1v) is 9.01. The number of unbranched alkanes of at least 4 members (excludes halogenated alkanes) is 3. The molecule has 1 heterocycles. The van der Waals surface area contributed by atoms with E-state index in [2.05, 4.69) is 20.8 Å². The van der Waals surface area contributed by atoms with Gasteiger partial charge < -0.3 is 19.4 Å². The average molecular weight is 317 g/mol. The number of hydrogen-bond donors (Lipinski definition) is 1. The molecule has 1 fully saturated rings. The molecular formula is C17H35NO4. The maximum atomic E-state index is 10.2. The van der Waals surface area contributed by atoms with Gasteiger partial charge in [0.2, 0.25) is 0 Å². The van der Waals surface area contributed by atoms with Crippen LogP contribution in [0.1, 0.15) is 59.3 Å². The summed E-state index contributed by atoms with van der Waals surface area (Å²) in [4.78, 5) is 0. The molecule has 0 bridgehead atoms. The van der Waals surface area contributed by atoms with Gasteiger partial charge in [-0.25, -0.2) is 0 Å². The van der Waals surface area contributed by atoms with Crippen LogP contribution < -0.4 is 0 Å². The number of hydroxylamine groups is 2. The average Bonchev–Trinajstić information content (AvgIpc) is 2.80. The van der Waals surface area contributed by atoms with Crippen LogP contribution in [0.4, 0.5) is 0 Å². The van der Waals surface area contributed by atoms with Gasteiger partial charge in [-0.3, -0.25) is 0 Å². The molecule has 5 heteroatoms. The van der Waals surface area contributed by atoms with Crippen molar-refractivity contribution in [3.63, 3.8) is 0 Å². The topological polar surface area (TPSA) is 51.2 Å². The van der Waals surface area contributed by atoms with Crippen molar-refractivity contribution in [2.45, 2.75) is 77.5 Å². The maximum absolute atomic E-state index is 10.2. The Kier molecular flexibility index (Phi) is 11.1. The Balaban J connectivity index is 2.49. The Morgan fingerprint density at radius 3 is 2.14 bits per heavy atom. The van der Waals surface area contributed by atoms with E-state index in [1.54, 1.807) is 0 Å². The van der Waals surface area contributed by atoms with E-state index in [1.165, 1.54) is 5.06 Å². The van der Waals surface area contributed by atoms with Crippen LogP contribution in [0, 0.1) is 0 Å². The van der Waals surface area contributed by atoms with Gasteiger partial charge in [0, 0.05) is 19.8 Å². The molecule has 0 aliphatic carbocycles. The second kappa shape index (κ2) is 12.3. The third kappa shape index (κ3) is 6.92. The molecule has 1 aliphatic heterocycles. The third-order valence-corrected chi connectivity index (χ3v) is 4.06. The fraction of sp³-hybridized carbons (Fsp3) is 1.00. The first-order chi connectivity index (χ1) is 10.7. The normalized spacial score (nSPS) is 25.9. The van der Waals surface area contributed by atoms with E-state index in [9.17, 15) is 5.21 Å². The lowest BCUT2D eigenvalue weighted by atomic mass is 10.1. The molecule has 0 saturated carbocycles. The molecule has 0 amide bonds. The van der Waals surface area contributed by atoms with Crippen LogP contribution >= 0.6 is 0 Å². The summed E-state index contributed by atoms with van der Waals surface area (Å²) < 4.78 is 17.7. The lowest BCUT2D eigenvalue weighted by Gasteiger charge is -2.25. The van der Waals surface area contributed by atoms with E-state index in [-0.39, 0.29) is 18.2 Å². The number of ether oxygens (including phenoxy) is 3.